The molecule has 0 radical (unpaired) electrons. The molecule has 1 aliphatic heterocycles. The van der Waals surface area contributed by atoms with Gasteiger partial charge in [0.2, 0.25) is 11.8 Å². The predicted octanol–water partition coefficient (Wildman–Crippen LogP) is 6.55. The summed E-state index contributed by atoms with van der Waals surface area (Å²) < 4.78 is 0. The van der Waals surface area contributed by atoms with Crippen molar-refractivity contribution in [1.29, 1.82) is 0 Å². The fourth-order valence-corrected chi connectivity index (χ4v) is 5.57. The first kappa shape index (κ1) is 23.1. The Morgan fingerprint density at radius 1 is 1.03 bits per heavy atom. The topological polar surface area (TPSA) is 49.4 Å². The average Bonchev–Trinajstić information content (AvgIpc) is 3.22. The van der Waals surface area contributed by atoms with E-state index in [1.54, 1.807) is 11.8 Å². The second-order valence-corrected chi connectivity index (χ2v) is 9.36. The lowest BCUT2D eigenvalue weighted by atomic mass is 9.95. The third kappa shape index (κ3) is 5.14. The third-order valence-electron chi connectivity index (χ3n) is 6.00. The van der Waals surface area contributed by atoms with Crippen molar-refractivity contribution < 1.29 is 9.59 Å². The van der Waals surface area contributed by atoms with Gasteiger partial charge < -0.3 is 5.32 Å². The van der Waals surface area contributed by atoms with E-state index in [0.29, 0.717) is 5.75 Å². The smallest absolute Gasteiger partial charge is 0.238 e. The van der Waals surface area contributed by atoms with Crippen LogP contribution >= 0.6 is 11.8 Å². The second-order valence-electron chi connectivity index (χ2n) is 8.29. The van der Waals surface area contributed by atoms with Gasteiger partial charge in [0, 0.05) is 11.4 Å². The van der Waals surface area contributed by atoms with E-state index in [1.165, 1.54) is 5.56 Å². The van der Waals surface area contributed by atoms with Crippen molar-refractivity contribution in [2.45, 2.75) is 44.4 Å². The molecule has 3 aromatic carbocycles. The normalized spacial score (nSPS) is 16.6. The third-order valence-corrected chi connectivity index (χ3v) is 7.22. The molecule has 1 heterocycles. The van der Waals surface area contributed by atoms with Crippen LogP contribution in [0.15, 0.2) is 78.9 Å². The maximum atomic E-state index is 13.1. The van der Waals surface area contributed by atoms with Gasteiger partial charge >= 0.3 is 0 Å². The number of nitrogens with one attached hydrogen (secondary N) is 1. The number of aryl methyl sites for hydroxylation is 1. The van der Waals surface area contributed by atoms with Crippen molar-refractivity contribution in [2.75, 3.05) is 16.0 Å². The van der Waals surface area contributed by atoms with Crippen molar-refractivity contribution in [2.24, 2.45) is 0 Å². The van der Waals surface area contributed by atoms with Crippen molar-refractivity contribution in [1.82, 2.24) is 0 Å². The minimum Gasteiger partial charge on any atom is -0.326 e. The quantitative estimate of drug-likeness (QED) is 0.416. The number of hydrogen-bond donors (Lipinski definition) is 1. The number of rotatable bonds is 8. The summed E-state index contributed by atoms with van der Waals surface area (Å²) in [7, 11) is 0. The number of hydrogen-bond acceptors (Lipinski definition) is 3. The van der Waals surface area contributed by atoms with E-state index in [-0.39, 0.29) is 23.1 Å². The van der Waals surface area contributed by atoms with Crippen LogP contribution in [-0.4, -0.2) is 17.6 Å². The molecule has 2 atom stereocenters. The van der Waals surface area contributed by atoms with E-state index in [2.05, 4.69) is 18.3 Å². The number of anilines is 2. The van der Waals surface area contributed by atoms with E-state index >= 15 is 0 Å². The van der Waals surface area contributed by atoms with Crippen molar-refractivity contribution in [3.8, 4) is 0 Å². The zero-order chi connectivity index (χ0) is 23.2. The Hall–Kier alpha value is -3.05. The van der Waals surface area contributed by atoms with Crippen molar-refractivity contribution >= 4 is 35.0 Å². The molecule has 0 bridgehead atoms. The maximum Gasteiger partial charge on any atom is 0.238 e. The molecule has 1 N–H and O–H groups in total. The van der Waals surface area contributed by atoms with Gasteiger partial charge in [0.25, 0.3) is 0 Å². The predicted molar refractivity (Wildman–Crippen MR) is 138 cm³/mol. The first-order chi connectivity index (χ1) is 16.1. The Labute approximate surface area is 200 Å². The Balaban J connectivity index is 1.58. The van der Waals surface area contributed by atoms with E-state index < -0.39 is 0 Å². The van der Waals surface area contributed by atoms with E-state index in [0.717, 1.165) is 41.8 Å². The lowest BCUT2D eigenvalue weighted by Crippen LogP contribution is -2.29. The summed E-state index contributed by atoms with van der Waals surface area (Å²) in [5, 5.41) is 2.99. The summed E-state index contributed by atoms with van der Waals surface area (Å²) in [6.45, 7) is 4.18. The molecule has 33 heavy (non-hydrogen) atoms. The van der Waals surface area contributed by atoms with E-state index in [1.807, 2.05) is 84.6 Å². The number of nitrogens with zero attached hydrogens (tertiary/aromatic N) is 1. The highest BCUT2D eigenvalue weighted by atomic mass is 32.2. The largest absolute Gasteiger partial charge is 0.326 e. The zero-order valence-electron chi connectivity index (χ0n) is 19.2. The van der Waals surface area contributed by atoms with Crippen LogP contribution in [0.1, 0.15) is 54.7 Å². The van der Waals surface area contributed by atoms with Crippen LogP contribution in [0, 0.1) is 0 Å². The van der Waals surface area contributed by atoms with Gasteiger partial charge in [0.05, 0.1) is 11.7 Å². The fraction of sp³-hybridized carbons (Fsp3) is 0.286. The molecule has 0 aromatic heterocycles. The van der Waals surface area contributed by atoms with E-state index in [9.17, 15) is 9.59 Å². The number of thioether (sulfide) groups is 1. The number of carbonyl (C=O) groups is 2. The highest BCUT2D eigenvalue weighted by Crippen LogP contribution is 2.43. The first-order valence-corrected chi connectivity index (χ1v) is 12.6. The van der Waals surface area contributed by atoms with Crippen LogP contribution in [-0.2, 0) is 16.0 Å². The molecule has 0 aliphatic carbocycles. The molecule has 5 heteroatoms. The van der Waals surface area contributed by atoms with Gasteiger partial charge in [-0.1, -0.05) is 80.9 Å². The summed E-state index contributed by atoms with van der Waals surface area (Å²) in [5.74, 6) is 0.363. The van der Waals surface area contributed by atoms with Crippen LogP contribution in [0.4, 0.5) is 11.4 Å². The molecule has 3 aromatic rings. The van der Waals surface area contributed by atoms with Crippen LogP contribution in [0.25, 0.3) is 0 Å². The summed E-state index contributed by atoms with van der Waals surface area (Å²) in [4.78, 5) is 27.9. The van der Waals surface area contributed by atoms with Crippen molar-refractivity contribution in [3.05, 3.63) is 95.6 Å². The molecular formula is C28H30N2O2S. The Bertz CT molecular complexity index is 1120. The zero-order valence-corrected chi connectivity index (χ0v) is 20.0. The first-order valence-electron chi connectivity index (χ1n) is 11.6. The molecule has 1 fully saturated rings. The molecule has 1 saturated heterocycles. The number of para-hydroxylation sites is 1. The SMILES string of the molecule is CCCc1ccccc1N1C(=O)CSC1c1cccc(NC(=O)C(CC)c2ccccc2)c1. The van der Waals surface area contributed by atoms with Gasteiger partial charge in [-0.25, -0.2) is 0 Å². The van der Waals surface area contributed by atoms with Crippen LogP contribution < -0.4 is 10.2 Å². The van der Waals surface area contributed by atoms with Crippen LogP contribution in [0.5, 0.6) is 0 Å². The number of benzene rings is 3. The van der Waals surface area contributed by atoms with Gasteiger partial charge in [-0.15, -0.1) is 11.8 Å². The maximum absolute atomic E-state index is 13.1. The lowest BCUT2D eigenvalue weighted by molar-refractivity contribution is -0.118. The molecule has 4 rings (SSSR count). The molecule has 0 saturated carbocycles. The molecule has 1 aliphatic rings. The molecule has 4 nitrogen and oxygen atoms in total. The Morgan fingerprint density at radius 2 is 1.79 bits per heavy atom. The summed E-state index contributed by atoms with van der Waals surface area (Å²) in [6, 6.07) is 26.0. The highest BCUT2D eigenvalue weighted by molar-refractivity contribution is 8.00. The number of carbonyl (C=O) groups excluding carboxylic acids is 2. The van der Waals surface area contributed by atoms with Gasteiger partial charge in [-0.3, -0.25) is 14.5 Å². The van der Waals surface area contributed by atoms with Crippen LogP contribution in [0.2, 0.25) is 0 Å². The number of amides is 2. The van der Waals surface area contributed by atoms with Gasteiger partial charge in [-0.2, -0.15) is 0 Å². The summed E-state index contributed by atoms with van der Waals surface area (Å²) >= 11 is 1.63. The van der Waals surface area contributed by atoms with Crippen LogP contribution in [0.3, 0.4) is 0 Å². The Morgan fingerprint density at radius 3 is 2.55 bits per heavy atom. The monoisotopic (exact) mass is 458 g/mol. The summed E-state index contributed by atoms with van der Waals surface area (Å²) in [5.41, 5.74) is 4.98. The standard InChI is InChI=1S/C28H30N2O2S/c1-3-11-21-14-8-9-17-25(21)30-26(31)19-33-28(30)22-15-10-16-23(18-22)29-27(32)24(4-2)20-12-6-5-7-13-20/h5-10,12-18,24,28H,3-4,11,19H2,1-2H3,(H,29,32). The minimum absolute atomic E-state index is 0.0128. The molecule has 2 amide bonds. The van der Waals surface area contributed by atoms with Gasteiger partial charge in [0.15, 0.2) is 0 Å². The summed E-state index contributed by atoms with van der Waals surface area (Å²) in [6.07, 6.45) is 2.69. The van der Waals surface area contributed by atoms with Gasteiger partial charge in [0.1, 0.15) is 5.37 Å². The molecule has 0 spiro atoms. The molecule has 170 valence electrons. The van der Waals surface area contributed by atoms with Gasteiger partial charge in [-0.05, 0) is 47.7 Å². The van der Waals surface area contributed by atoms with E-state index in [4.69, 9.17) is 0 Å². The average molecular weight is 459 g/mol. The Kier molecular flexibility index (Phi) is 7.50. The lowest BCUT2D eigenvalue weighted by Gasteiger charge is -2.27. The second kappa shape index (κ2) is 10.7. The fourth-order valence-electron chi connectivity index (χ4n) is 4.41. The molecular weight excluding hydrogens is 428 g/mol. The molecule has 2 unspecified atom stereocenters. The minimum atomic E-state index is -0.199. The van der Waals surface area contributed by atoms with Crippen molar-refractivity contribution in [3.63, 3.8) is 0 Å². The highest BCUT2D eigenvalue weighted by Gasteiger charge is 2.35.